The number of rotatable bonds is 7. The first-order valence-corrected chi connectivity index (χ1v) is 9.19. The van der Waals surface area contributed by atoms with E-state index in [-0.39, 0.29) is 5.75 Å². The van der Waals surface area contributed by atoms with Gasteiger partial charge in [-0.15, -0.1) is 0 Å². The summed E-state index contributed by atoms with van der Waals surface area (Å²) < 4.78 is 5.34. The fourth-order valence-electron chi connectivity index (χ4n) is 2.94. The zero-order chi connectivity index (χ0) is 20.7. The summed E-state index contributed by atoms with van der Waals surface area (Å²) >= 11 is 0. The molecule has 0 aliphatic heterocycles. The molecule has 6 heteroatoms. The monoisotopic (exact) mass is 390 g/mol. The van der Waals surface area contributed by atoms with Crippen LogP contribution in [0.5, 0.6) is 11.5 Å². The number of ether oxygens (including phenoxy) is 1. The maximum atomic E-state index is 12.9. The van der Waals surface area contributed by atoms with Crippen LogP contribution in [0, 0.1) is 0 Å². The molecule has 1 amide bonds. The SMILES string of the molecule is CCOc1cccc(/C=N/NC(=O)C(O)(c2ccccc2)c2ccccc2)c1O. The van der Waals surface area contributed by atoms with Crippen LogP contribution in [-0.2, 0) is 10.4 Å². The summed E-state index contributed by atoms with van der Waals surface area (Å²) in [4.78, 5) is 12.9. The van der Waals surface area contributed by atoms with E-state index in [2.05, 4.69) is 10.5 Å². The molecule has 0 radical (unpaired) electrons. The van der Waals surface area contributed by atoms with E-state index < -0.39 is 11.5 Å². The summed E-state index contributed by atoms with van der Waals surface area (Å²) in [5.74, 6) is -0.465. The number of phenolic OH excluding ortho intramolecular Hbond substituents is 1. The lowest BCUT2D eigenvalue weighted by Crippen LogP contribution is -2.43. The van der Waals surface area contributed by atoms with E-state index in [1.54, 1.807) is 78.9 Å². The predicted octanol–water partition coefficient (Wildman–Crippen LogP) is 3.18. The smallest absolute Gasteiger partial charge is 0.281 e. The molecular weight excluding hydrogens is 368 g/mol. The lowest BCUT2D eigenvalue weighted by molar-refractivity contribution is -0.136. The highest BCUT2D eigenvalue weighted by Crippen LogP contribution is 2.30. The van der Waals surface area contributed by atoms with Crippen molar-refractivity contribution in [1.29, 1.82) is 0 Å². The summed E-state index contributed by atoms with van der Waals surface area (Å²) in [7, 11) is 0. The van der Waals surface area contributed by atoms with Gasteiger partial charge in [0.25, 0.3) is 5.91 Å². The van der Waals surface area contributed by atoms with Crippen molar-refractivity contribution in [3.8, 4) is 11.5 Å². The lowest BCUT2D eigenvalue weighted by atomic mass is 9.85. The highest BCUT2D eigenvalue weighted by Gasteiger charge is 2.39. The second-order valence-corrected chi connectivity index (χ2v) is 6.27. The van der Waals surface area contributed by atoms with Crippen molar-refractivity contribution in [2.75, 3.05) is 6.61 Å². The fourth-order valence-corrected chi connectivity index (χ4v) is 2.94. The third-order valence-corrected chi connectivity index (χ3v) is 4.41. The predicted molar refractivity (Wildman–Crippen MR) is 111 cm³/mol. The second-order valence-electron chi connectivity index (χ2n) is 6.27. The average molecular weight is 390 g/mol. The molecule has 0 aliphatic carbocycles. The molecule has 3 aromatic carbocycles. The molecule has 0 saturated heterocycles. The average Bonchev–Trinajstić information content (AvgIpc) is 2.77. The number of nitrogens with zero attached hydrogens (tertiary/aromatic N) is 1. The molecule has 0 unspecified atom stereocenters. The number of aliphatic hydroxyl groups is 1. The standard InChI is InChI=1S/C23H22N2O4/c1-2-29-20-15-9-10-17(21(20)26)16-24-25-22(27)23(28,18-11-5-3-6-12-18)19-13-7-4-8-14-19/h3-16,26,28H,2H2,1H3,(H,25,27)/b24-16+. The molecule has 0 fully saturated rings. The molecule has 6 nitrogen and oxygen atoms in total. The van der Waals surface area contributed by atoms with Crippen molar-refractivity contribution in [3.05, 3.63) is 95.6 Å². The highest BCUT2D eigenvalue weighted by molar-refractivity contribution is 5.91. The summed E-state index contributed by atoms with van der Waals surface area (Å²) in [6.45, 7) is 2.22. The minimum atomic E-state index is -1.92. The van der Waals surface area contributed by atoms with Gasteiger partial charge in [-0.2, -0.15) is 5.10 Å². The number of nitrogens with one attached hydrogen (secondary N) is 1. The number of hydrogen-bond acceptors (Lipinski definition) is 5. The Hall–Kier alpha value is -3.64. The first-order chi connectivity index (χ1) is 14.1. The van der Waals surface area contributed by atoms with Gasteiger partial charge < -0.3 is 14.9 Å². The number of carbonyl (C=O) groups is 1. The molecule has 148 valence electrons. The molecule has 0 saturated carbocycles. The Kier molecular flexibility index (Phi) is 6.26. The number of benzene rings is 3. The number of phenols is 1. The number of amides is 1. The van der Waals surface area contributed by atoms with Crippen molar-refractivity contribution < 1.29 is 19.7 Å². The van der Waals surface area contributed by atoms with Gasteiger partial charge in [0.15, 0.2) is 17.1 Å². The maximum absolute atomic E-state index is 12.9. The van der Waals surface area contributed by atoms with Crippen molar-refractivity contribution >= 4 is 12.1 Å². The molecule has 0 atom stereocenters. The van der Waals surface area contributed by atoms with Gasteiger partial charge in [0, 0.05) is 5.56 Å². The fraction of sp³-hybridized carbons (Fsp3) is 0.130. The van der Waals surface area contributed by atoms with Gasteiger partial charge in [0.1, 0.15) is 0 Å². The second kappa shape index (κ2) is 9.03. The molecule has 3 N–H and O–H groups in total. The van der Waals surface area contributed by atoms with Crippen LogP contribution in [0.3, 0.4) is 0 Å². The van der Waals surface area contributed by atoms with Gasteiger partial charge >= 0.3 is 0 Å². The molecule has 3 rings (SSSR count). The molecule has 0 aromatic heterocycles. The van der Waals surface area contributed by atoms with E-state index in [1.807, 2.05) is 6.92 Å². The maximum Gasteiger partial charge on any atom is 0.281 e. The minimum Gasteiger partial charge on any atom is -0.504 e. The van der Waals surface area contributed by atoms with Gasteiger partial charge in [0.05, 0.1) is 12.8 Å². The largest absolute Gasteiger partial charge is 0.504 e. The van der Waals surface area contributed by atoms with Crippen molar-refractivity contribution in [2.45, 2.75) is 12.5 Å². The quantitative estimate of drug-likeness (QED) is 0.427. The molecule has 0 spiro atoms. The Morgan fingerprint density at radius 3 is 2.14 bits per heavy atom. The Labute approximate surface area is 169 Å². The molecule has 0 heterocycles. The summed E-state index contributed by atoms with van der Waals surface area (Å²) in [5.41, 5.74) is 1.66. The summed E-state index contributed by atoms with van der Waals surface area (Å²) in [5, 5.41) is 25.5. The van der Waals surface area contributed by atoms with E-state index in [9.17, 15) is 15.0 Å². The van der Waals surface area contributed by atoms with Crippen LogP contribution in [0.4, 0.5) is 0 Å². The number of aromatic hydroxyl groups is 1. The van der Waals surface area contributed by atoms with Gasteiger partial charge in [-0.1, -0.05) is 66.7 Å². The van der Waals surface area contributed by atoms with Crippen LogP contribution < -0.4 is 10.2 Å². The van der Waals surface area contributed by atoms with E-state index in [1.165, 1.54) is 6.21 Å². The van der Waals surface area contributed by atoms with E-state index in [0.29, 0.717) is 29.0 Å². The molecule has 0 aliphatic rings. The van der Waals surface area contributed by atoms with Crippen molar-refractivity contribution in [3.63, 3.8) is 0 Å². The number of carbonyl (C=O) groups excluding carboxylic acids is 1. The number of para-hydroxylation sites is 1. The van der Waals surface area contributed by atoms with E-state index >= 15 is 0 Å². The Morgan fingerprint density at radius 1 is 1.00 bits per heavy atom. The molecule has 0 bridgehead atoms. The highest BCUT2D eigenvalue weighted by atomic mass is 16.5. The van der Waals surface area contributed by atoms with Crippen LogP contribution in [0.1, 0.15) is 23.6 Å². The van der Waals surface area contributed by atoms with Gasteiger partial charge in [-0.3, -0.25) is 4.79 Å². The summed E-state index contributed by atoms with van der Waals surface area (Å²) in [6.07, 6.45) is 1.30. The molecule has 3 aromatic rings. The zero-order valence-corrected chi connectivity index (χ0v) is 15.9. The normalized spacial score (nSPS) is 11.4. The Morgan fingerprint density at radius 2 is 1.59 bits per heavy atom. The number of hydrazone groups is 1. The van der Waals surface area contributed by atoms with Gasteiger partial charge in [-0.05, 0) is 30.2 Å². The van der Waals surface area contributed by atoms with Crippen LogP contribution >= 0.6 is 0 Å². The molecule has 29 heavy (non-hydrogen) atoms. The summed E-state index contributed by atoms with van der Waals surface area (Å²) in [6, 6.07) is 22.3. The first kappa shape index (κ1) is 20.1. The van der Waals surface area contributed by atoms with Gasteiger partial charge in [-0.25, -0.2) is 5.43 Å². The van der Waals surface area contributed by atoms with E-state index in [0.717, 1.165) is 0 Å². The zero-order valence-electron chi connectivity index (χ0n) is 15.9. The Balaban J connectivity index is 1.87. The van der Waals surface area contributed by atoms with Crippen LogP contribution in [-0.4, -0.2) is 28.9 Å². The Bertz CT molecular complexity index is 949. The minimum absolute atomic E-state index is 0.0753. The topological polar surface area (TPSA) is 91.2 Å². The van der Waals surface area contributed by atoms with Crippen LogP contribution in [0.2, 0.25) is 0 Å². The van der Waals surface area contributed by atoms with E-state index in [4.69, 9.17) is 4.74 Å². The first-order valence-electron chi connectivity index (χ1n) is 9.19. The van der Waals surface area contributed by atoms with Gasteiger partial charge in [0.2, 0.25) is 0 Å². The lowest BCUT2D eigenvalue weighted by Gasteiger charge is -2.27. The third kappa shape index (κ3) is 4.28. The number of hydrogen-bond donors (Lipinski definition) is 3. The van der Waals surface area contributed by atoms with Crippen molar-refractivity contribution in [2.24, 2.45) is 5.10 Å². The molecular formula is C23H22N2O4. The van der Waals surface area contributed by atoms with Crippen LogP contribution in [0.15, 0.2) is 84.0 Å². The third-order valence-electron chi connectivity index (χ3n) is 4.41. The van der Waals surface area contributed by atoms with Crippen molar-refractivity contribution in [1.82, 2.24) is 5.43 Å². The van der Waals surface area contributed by atoms with Crippen LogP contribution in [0.25, 0.3) is 0 Å².